The maximum absolute atomic E-state index is 13.5. The third-order valence-electron chi connectivity index (χ3n) is 10.8. The van der Waals surface area contributed by atoms with Crippen LogP contribution in [0.4, 0.5) is 5.69 Å². The minimum atomic E-state index is -1.23. The average molecular weight is 742 g/mol. The maximum Gasteiger partial charge on any atom is 0.274 e. The molecule has 15 nitrogen and oxygen atoms in total. The summed E-state index contributed by atoms with van der Waals surface area (Å²) in [6.07, 6.45) is 10.2. The number of hydrogen-bond acceptors (Lipinski definition) is 11. The number of aromatic nitrogens is 4. The first-order chi connectivity index (χ1) is 26.0. The molecular weight excluding hydrogens is 687 g/mol. The van der Waals surface area contributed by atoms with Crippen LogP contribution in [0.5, 0.6) is 0 Å². The minimum absolute atomic E-state index is 0.129. The zero-order valence-electron chi connectivity index (χ0n) is 31.5. The van der Waals surface area contributed by atoms with Gasteiger partial charge in [-0.25, -0.2) is 4.52 Å². The van der Waals surface area contributed by atoms with Gasteiger partial charge in [-0.2, -0.15) is 15.5 Å². The van der Waals surface area contributed by atoms with Crippen LogP contribution < -0.4 is 22.1 Å². The van der Waals surface area contributed by atoms with Gasteiger partial charge in [0, 0.05) is 68.1 Å². The fraction of sp³-hybridized carbons (Fsp3) is 0.564. The van der Waals surface area contributed by atoms with E-state index in [-0.39, 0.29) is 17.9 Å². The van der Waals surface area contributed by atoms with Gasteiger partial charge in [0.2, 0.25) is 5.91 Å². The van der Waals surface area contributed by atoms with Gasteiger partial charge in [-0.05, 0) is 89.2 Å². The third-order valence-corrected chi connectivity index (χ3v) is 10.8. The number of nitriles is 1. The first-order valence-corrected chi connectivity index (χ1v) is 19.3. The molecule has 1 atom stereocenters. The van der Waals surface area contributed by atoms with Gasteiger partial charge in [-0.1, -0.05) is 6.42 Å². The molecule has 1 aliphatic heterocycles. The summed E-state index contributed by atoms with van der Waals surface area (Å²) in [7, 11) is 0. The van der Waals surface area contributed by atoms with Gasteiger partial charge in [0.05, 0.1) is 53.7 Å². The Morgan fingerprint density at radius 2 is 1.83 bits per heavy atom. The number of nitrogens with two attached hydrogens (primary N) is 2. The predicted octanol–water partition coefficient (Wildman–Crippen LogP) is 2.73. The Bertz CT molecular complexity index is 1930. The number of hydrogen-bond donors (Lipinski definition) is 5. The summed E-state index contributed by atoms with van der Waals surface area (Å²) >= 11 is 0. The molecule has 7 N–H and O–H groups in total. The van der Waals surface area contributed by atoms with Crippen molar-refractivity contribution in [3.05, 3.63) is 59.5 Å². The summed E-state index contributed by atoms with van der Waals surface area (Å²) in [4.78, 5) is 30.6. The smallest absolute Gasteiger partial charge is 0.274 e. The number of carbonyl (C=O) groups is 2. The maximum atomic E-state index is 13.5. The molecule has 15 heteroatoms. The van der Waals surface area contributed by atoms with E-state index in [1.54, 1.807) is 32.0 Å². The molecule has 0 unspecified atom stereocenters. The molecule has 2 amide bonds. The van der Waals surface area contributed by atoms with E-state index >= 15 is 0 Å². The van der Waals surface area contributed by atoms with E-state index in [2.05, 4.69) is 42.5 Å². The van der Waals surface area contributed by atoms with E-state index in [0.717, 1.165) is 82.2 Å². The molecule has 1 saturated heterocycles. The van der Waals surface area contributed by atoms with Crippen LogP contribution in [0.2, 0.25) is 0 Å². The second-order valence-corrected chi connectivity index (χ2v) is 15.1. The molecule has 1 aliphatic carbocycles. The molecule has 3 aromatic heterocycles. The number of nitrogens with one attached hydrogen (secondary N) is 2. The number of nitrogens with zero attached hydrogens (tertiary/aromatic N) is 7. The number of amides is 2. The van der Waals surface area contributed by atoms with Gasteiger partial charge in [-0.3, -0.25) is 24.1 Å². The largest absolute Gasteiger partial charge is 0.386 e. The molecule has 0 bridgehead atoms. The highest BCUT2D eigenvalue weighted by atomic mass is 16.5. The number of fused-ring (bicyclic) bond motifs is 2. The van der Waals surface area contributed by atoms with E-state index in [1.165, 1.54) is 10.7 Å². The number of piperazine rings is 1. The number of carbonyl (C=O) groups excluding carboxylic acids is 2. The Labute approximate surface area is 316 Å². The molecule has 6 rings (SSSR count). The third kappa shape index (κ3) is 9.62. The summed E-state index contributed by atoms with van der Waals surface area (Å²) in [5.74, 6) is -0.499. The lowest BCUT2D eigenvalue weighted by Crippen LogP contribution is -2.51. The zero-order chi connectivity index (χ0) is 38.2. The number of unbranched alkanes of at least 4 members (excludes halogenated alkanes) is 1. The molecule has 0 spiro atoms. The highest BCUT2D eigenvalue weighted by Gasteiger charge is 2.30. The van der Waals surface area contributed by atoms with Crippen molar-refractivity contribution in [1.82, 2.24) is 34.5 Å². The number of anilines is 1. The zero-order valence-corrected chi connectivity index (χ0v) is 31.5. The second-order valence-electron chi connectivity index (χ2n) is 15.1. The lowest BCUT2D eigenvalue weighted by atomic mass is 9.90. The van der Waals surface area contributed by atoms with Crippen molar-refractivity contribution in [2.45, 2.75) is 82.5 Å². The van der Waals surface area contributed by atoms with Crippen LogP contribution >= 0.6 is 0 Å². The fourth-order valence-electron chi connectivity index (χ4n) is 7.66. The fourth-order valence-corrected chi connectivity index (χ4v) is 7.66. The van der Waals surface area contributed by atoms with Crippen LogP contribution in [0.1, 0.15) is 86.5 Å². The van der Waals surface area contributed by atoms with E-state index in [4.69, 9.17) is 21.3 Å². The lowest BCUT2D eigenvalue weighted by molar-refractivity contribution is -0.122. The van der Waals surface area contributed by atoms with E-state index in [1.807, 2.05) is 12.1 Å². The van der Waals surface area contributed by atoms with Gasteiger partial charge >= 0.3 is 0 Å². The molecule has 4 heterocycles. The van der Waals surface area contributed by atoms with Gasteiger partial charge in [0.15, 0.2) is 0 Å². The molecule has 4 aromatic rings. The van der Waals surface area contributed by atoms with Crippen molar-refractivity contribution >= 4 is 33.9 Å². The van der Waals surface area contributed by atoms with Crippen molar-refractivity contribution in [3.8, 4) is 6.07 Å². The summed E-state index contributed by atoms with van der Waals surface area (Å²) in [5.41, 5.74) is 13.5. The SMILES string of the molecule is CC(C)(O)c1cc2nn(C3CCC(N4CCN(CCOCCNC(=O)[C@@H](N)CCCCN)CC4)CC3)cc2cc1NC(=O)c1ccc2cc(C#N)cnn12. The Hall–Kier alpha value is -4.43. The van der Waals surface area contributed by atoms with Crippen molar-refractivity contribution in [3.63, 3.8) is 0 Å². The van der Waals surface area contributed by atoms with Crippen LogP contribution in [0.25, 0.3) is 16.4 Å². The first-order valence-electron chi connectivity index (χ1n) is 19.3. The van der Waals surface area contributed by atoms with Crippen LogP contribution in [0.15, 0.2) is 42.7 Å². The standard InChI is InChI=1S/C39H55N11O4/c1-39(2,53)32-23-34-28(22-35(32)45-38(52)36-11-10-31-21-27(24-41)25-44-50(31)36)26-49(46-34)30-8-6-29(7-9-30)48-16-14-47(15-17-48)18-20-54-19-13-43-37(51)33(42)5-3-4-12-40/h10-11,21-23,25-26,29-30,33,53H,3-9,12-20,40,42H2,1-2H3,(H,43,51)(H,45,52)/t29?,30?,33-/m0/s1. The van der Waals surface area contributed by atoms with Crippen LogP contribution in [0.3, 0.4) is 0 Å². The van der Waals surface area contributed by atoms with Gasteiger partial charge < -0.3 is 31.9 Å². The summed E-state index contributed by atoms with van der Waals surface area (Å²) in [6.45, 7) is 10.6. The topological polar surface area (TPSA) is 205 Å². The molecule has 2 fully saturated rings. The number of aliphatic hydroxyl groups is 1. The second kappa shape index (κ2) is 17.8. The molecule has 2 aliphatic rings. The molecule has 54 heavy (non-hydrogen) atoms. The molecular formula is C39H55N11O4. The molecule has 0 radical (unpaired) electrons. The molecule has 290 valence electrons. The minimum Gasteiger partial charge on any atom is -0.386 e. The van der Waals surface area contributed by atoms with Crippen molar-refractivity contribution in [2.75, 3.05) is 64.3 Å². The van der Waals surface area contributed by atoms with Crippen molar-refractivity contribution < 1.29 is 19.4 Å². The van der Waals surface area contributed by atoms with E-state index in [9.17, 15) is 20.0 Å². The van der Waals surface area contributed by atoms with Crippen LogP contribution in [0, 0.1) is 11.3 Å². The Morgan fingerprint density at radius 1 is 1.07 bits per heavy atom. The lowest BCUT2D eigenvalue weighted by Gasteiger charge is -2.42. The Balaban J connectivity index is 0.964. The summed E-state index contributed by atoms with van der Waals surface area (Å²) in [5, 5.41) is 36.3. The van der Waals surface area contributed by atoms with E-state index < -0.39 is 11.6 Å². The van der Waals surface area contributed by atoms with Crippen molar-refractivity contribution in [1.29, 1.82) is 5.26 Å². The number of ether oxygens (including phenoxy) is 1. The number of rotatable bonds is 16. The summed E-state index contributed by atoms with van der Waals surface area (Å²) < 4.78 is 9.36. The van der Waals surface area contributed by atoms with Crippen molar-refractivity contribution in [2.24, 2.45) is 11.5 Å². The van der Waals surface area contributed by atoms with Gasteiger partial charge in [-0.15, -0.1) is 0 Å². The van der Waals surface area contributed by atoms with Crippen LogP contribution in [-0.4, -0.2) is 117 Å². The highest BCUT2D eigenvalue weighted by molar-refractivity contribution is 6.05. The van der Waals surface area contributed by atoms with Gasteiger partial charge in [0.25, 0.3) is 5.91 Å². The van der Waals surface area contributed by atoms with E-state index in [0.29, 0.717) is 66.8 Å². The average Bonchev–Trinajstić information content (AvgIpc) is 3.79. The van der Waals surface area contributed by atoms with Crippen LogP contribution in [-0.2, 0) is 15.1 Å². The predicted molar refractivity (Wildman–Crippen MR) is 207 cm³/mol. The highest BCUT2D eigenvalue weighted by Crippen LogP contribution is 2.35. The Morgan fingerprint density at radius 3 is 2.56 bits per heavy atom. The summed E-state index contributed by atoms with van der Waals surface area (Å²) in [6, 6.07) is 11.3. The Kier molecular flexibility index (Phi) is 12.9. The first kappa shape index (κ1) is 39.3. The molecule has 1 saturated carbocycles. The normalized spacial score (nSPS) is 19.2. The monoisotopic (exact) mass is 741 g/mol. The quantitative estimate of drug-likeness (QED) is 0.106. The molecule has 1 aromatic carbocycles. The number of benzene rings is 1. The van der Waals surface area contributed by atoms with Gasteiger partial charge in [0.1, 0.15) is 11.8 Å².